The molecule has 0 saturated carbocycles. The Morgan fingerprint density at radius 1 is 1.47 bits per heavy atom. The third kappa shape index (κ3) is 3.49. The van der Waals surface area contributed by atoms with Gasteiger partial charge in [0.05, 0.1) is 18.1 Å². The third-order valence-electron chi connectivity index (χ3n) is 2.52. The van der Waals surface area contributed by atoms with E-state index < -0.39 is 11.5 Å². The van der Waals surface area contributed by atoms with Crippen molar-refractivity contribution >= 4 is 6.09 Å². The number of carbonyl (C=O) groups excluding carboxylic acids is 1. The quantitative estimate of drug-likeness (QED) is 0.865. The van der Waals surface area contributed by atoms with Gasteiger partial charge in [0.1, 0.15) is 0 Å². The number of carbonyl (C=O) groups is 1. The van der Waals surface area contributed by atoms with Crippen molar-refractivity contribution in [2.45, 2.75) is 19.3 Å². The van der Waals surface area contributed by atoms with Gasteiger partial charge in [0.15, 0.2) is 0 Å². The van der Waals surface area contributed by atoms with Crippen molar-refractivity contribution in [3.8, 4) is 6.07 Å². The molecule has 0 aliphatic heterocycles. The normalized spacial score (nSPS) is 13.2. The van der Waals surface area contributed by atoms with Gasteiger partial charge in [0.2, 0.25) is 0 Å². The number of hydrogen-bond donors (Lipinski definition) is 1. The molecule has 1 aromatic carbocycles. The number of alkyl carbamates (subject to hydrolysis) is 1. The van der Waals surface area contributed by atoms with Gasteiger partial charge >= 0.3 is 6.09 Å². The van der Waals surface area contributed by atoms with E-state index in [1.54, 1.807) is 13.8 Å². The van der Waals surface area contributed by atoms with Crippen molar-refractivity contribution in [1.29, 1.82) is 5.26 Å². The van der Waals surface area contributed by atoms with E-state index in [1.807, 2.05) is 30.3 Å². The zero-order valence-electron chi connectivity index (χ0n) is 10.1. The summed E-state index contributed by atoms with van der Waals surface area (Å²) >= 11 is 0. The van der Waals surface area contributed by atoms with E-state index in [0.717, 1.165) is 5.56 Å². The van der Waals surface area contributed by atoms with Crippen LogP contribution in [0.3, 0.4) is 0 Å². The average Bonchev–Trinajstić information content (AvgIpc) is 2.37. The van der Waals surface area contributed by atoms with Crippen LogP contribution in [0, 0.1) is 11.3 Å². The number of nitriles is 1. The smallest absolute Gasteiger partial charge is 0.407 e. The number of nitrogens with one attached hydrogen (secondary N) is 1. The molecular formula is C13H16N2O2. The lowest BCUT2D eigenvalue weighted by molar-refractivity contribution is 0.151. The summed E-state index contributed by atoms with van der Waals surface area (Å²) in [6.45, 7) is 4.07. The molecule has 1 unspecified atom stereocenters. The molecule has 0 radical (unpaired) electrons. The third-order valence-corrected chi connectivity index (χ3v) is 2.52. The Kier molecular flexibility index (Phi) is 4.53. The van der Waals surface area contributed by atoms with Crippen molar-refractivity contribution < 1.29 is 9.53 Å². The van der Waals surface area contributed by atoms with Crippen LogP contribution in [-0.4, -0.2) is 19.2 Å². The molecular weight excluding hydrogens is 216 g/mol. The summed E-state index contributed by atoms with van der Waals surface area (Å²) in [5, 5.41) is 11.8. The van der Waals surface area contributed by atoms with Crippen LogP contribution in [0.25, 0.3) is 0 Å². The van der Waals surface area contributed by atoms with Crippen LogP contribution in [-0.2, 0) is 10.2 Å². The van der Waals surface area contributed by atoms with Gasteiger partial charge in [0, 0.05) is 6.54 Å². The first-order valence-electron chi connectivity index (χ1n) is 5.50. The zero-order chi connectivity index (χ0) is 12.7. The van der Waals surface area contributed by atoms with Crippen LogP contribution < -0.4 is 5.32 Å². The van der Waals surface area contributed by atoms with Crippen LogP contribution in [0.15, 0.2) is 30.3 Å². The minimum Gasteiger partial charge on any atom is -0.450 e. The van der Waals surface area contributed by atoms with Crippen molar-refractivity contribution in [2.24, 2.45) is 0 Å². The van der Waals surface area contributed by atoms with Gasteiger partial charge in [-0.15, -0.1) is 0 Å². The molecule has 1 amide bonds. The summed E-state index contributed by atoms with van der Waals surface area (Å²) in [6, 6.07) is 11.6. The first kappa shape index (κ1) is 13.0. The molecule has 0 aromatic heterocycles. The van der Waals surface area contributed by atoms with Crippen molar-refractivity contribution in [3.05, 3.63) is 35.9 Å². The van der Waals surface area contributed by atoms with Gasteiger partial charge in [-0.2, -0.15) is 5.26 Å². The van der Waals surface area contributed by atoms with E-state index in [9.17, 15) is 10.1 Å². The maximum atomic E-state index is 11.2. The van der Waals surface area contributed by atoms with Gasteiger partial charge in [-0.25, -0.2) is 4.79 Å². The van der Waals surface area contributed by atoms with E-state index >= 15 is 0 Å². The molecule has 0 fully saturated rings. The van der Waals surface area contributed by atoms with Gasteiger partial charge in [-0.1, -0.05) is 30.3 Å². The molecule has 1 rings (SSSR count). The average molecular weight is 232 g/mol. The van der Waals surface area contributed by atoms with Crippen LogP contribution >= 0.6 is 0 Å². The molecule has 0 heterocycles. The molecule has 0 bridgehead atoms. The number of hydrogen-bond acceptors (Lipinski definition) is 3. The maximum absolute atomic E-state index is 11.2. The van der Waals surface area contributed by atoms with Crippen LogP contribution in [0.2, 0.25) is 0 Å². The fourth-order valence-corrected chi connectivity index (χ4v) is 1.44. The van der Waals surface area contributed by atoms with Crippen LogP contribution in [0.5, 0.6) is 0 Å². The zero-order valence-corrected chi connectivity index (χ0v) is 10.1. The Labute approximate surface area is 101 Å². The minimum absolute atomic E-state index is 0.229. The van der Waals surface area contributed by atoms with Gasteiger partial charge in [-0.3, -0.25) is 0 Å². The number of benzene rings is 1. The predicted octanol–water partition coefficient (Wildman–Crippen LogP) is 2.21. The Balaban J connectivity index is 2.71. The summed E-state index contributed by atoms with van der Waals surface area (Å²) in [7, 11) is 0. The Morgan fingerprint density at radius 3 is 2.65 bits per heavy atom. The lowest BCUT2D eigenvalue weighted by atomic mass is 9.84. The highest BCUT2D eigenvalue weighted by Crippen LogP contribution is 2.21. The number of nitrogens with zero attached hydrogens (tertiary/aromatic N) is 1. The summed E-state index contributed by atoms with van der Waals surface area (Å²) in [4.78, 5) is 11.2. The highest BCUT2D eigenvalue weighted by molar-refractivity contribution is 5.67. The van der Waals surface area contributed by atoms with Crippen LogP contribution in [0.4, 0.5) is 4.79 Å². The summed E-state index contributed by atoms with van der Waals surface area (Å²) < 4.78 is 4.76. The molecule has 90 valence electrons. The lowest BCUT2D eigenvalue weighted by Crippen LogP contribution is -2.38. The number of rotatable bonds is 4. The molecule has 0 spiro atoms. The van der Waals surface area contributed by atoms with E-state index in [2.05, 4.69) is 11.4 Å². The first-order valence-corrected chi connectivity index (χ1v) is 5.50. The minimum atomic E-state index is -0.742. The largest absolute Gasteiger partial charge is 0.450 e. The van der Waals surface area contributed by atoms with E-state index in [0.29, 0.717) is 6.61 Å². The summed E-state index contributed by atoms with van der Waals surface area (Å²) in [5.41, 5.74) is 0.132. The highest BCUT2D eigenvalue weighted by atomic mass is 16.5. The molecule has 1 atom stereocenters. The fourth-order valence-electron chi connectivity index (χ4n) is 1.44. The Bertz CT molecular complexity index is 411. The molecule has 4 heteroatoms. The standard InChI is InChI=1S/C13H16N2O2/c1-3-17-12(16)15-10-13(2,9-14)11-7-5-4-6-8-11/h4-8H,3,10H2,1-2H3,(H,15,16). The Morgan fingerprint density at radius 2 is 2.12 bits per heavy atom. The van der Waals surface area contributed by atoms with Crippen molar-refractivity contribution in [1.82, 2.24) is 5.32 Å². The molecule has 17 heavy (non-hydrogen) atoms. The predicted molar refractivity (Wildman–Crippen MR) is 64.4 cm³/mol. The van der Waals surface area contributed by atoms with Gasteiger partial charge < -0.3 is 10.1 Å². The second-order valence-corrected chi connectivity index (χ2v) is 3.88. The number of amides is 1. The lowest BCUT2D eigenvalue weighted by Gasteiger charge is -2.22. The molecule has 0 saturated heterocycles. The van der Waals surface area contributed by atoms with Gasteiger partial charge in [-0.05, 0) is 19.4 Å². The van der Waals surface area contributed by atoms with Crippen molar-refractivity contribution in [3.63, 3.8) is 0 Å². The summed E-state index contributed by atoms with van der Waals surface area (Å²) in [6.07, 6.45) is -0.495. The SMILES string of the molecule is CCOC(=O)NCC(C)(C#N)c1ccccc1. The maximum Gasteiger partial charge on any atom is 0.407 e. The topological polar surface area (TPSA) is 62.1 Å². The van der Waals surface area contributed by atoms with Crippen LogP contribution in [0.1, 0.15) is 19.4 Å². The Hall–Kier alpha value is -2.02. The summed E-state index contributed by atoms with van der Waals surface area (Å²) in [5.74, 6) is 0. The molecule has 0 aliphatic carbocycles. The van der Waals surface area contributed by atoms with E-state index in [-0.39, 0.29) is 6.54 Å². The molecule has 1 N–H and O–H groups in total. The highest BCUT2D eigenvalue weighted by Gasteiger charge is 2.26. The fraction of sp³-hybridized carbons (Fsp3) is 0.385. The van der Waals surface area contributed by atoms with Crippen molar-refractivity contribution in [2.75, 3.05) is 13.2 Å². The molecule has 0 aliphatic rings. The second kappa shape index (κ2) is 5.90. The monoisotopic (exact) mass is 232 g/mol. The number of ether oxygens (including phenoxy) is 1. The van der Waals surface area contributed by atoms with E-state index in [4.69, 9.17) is 4.74 Å². The molecule has 4 nitrogen and oxygen atoms in total. The van der Waals surface area contributed by atoms with E-state index in [1.165, 1.54) is 0 Å². The first-order chi connectivity index (χ1) is 8.12. The molecule has 1 aromatic rings. The second-order valence-electron chi connectivity index (χ2n) is 3.88. The van der Waals surface area contributed by atoms with Gasteiger partial charge in [0.25, 0.3) is 0 Å².